The number of rotatable bonds is 4. The molecule has 0 aromatic heterocycles. The van der Waals surface area contributed by atoms with Crippen LogP contribution in [-0.4, -0.2) is 12.6 Å². The number of benzene rings is 1. The maximum Gasteiger partial charge on any atom is 0.350 e. The number of anilines is 1. The van der Waals surface area contributed by atoms with Gasteiger partial charge in [-0.15, -0.1) is 0 Å². The van der Waals surface area contributed by atoms with Gasteiger partial charge >= 0.3 is 5.97 Å². The van der Waals surface area contributed by atoms with E-state index >= 15 is 0 Å². The number of carbonyl (C=O) groups excluding carboxylic acids is 1. The van der Waals surface area contributed by atoms with E-state index in [0.29, 0.717) is 0 Å². The smallest absolute Gasteiger partial charge is 0.350 e. The third-order valence-electron chi connectivity index (χ3n) is 1.92. The van der Waals surface area contributed by atoms with Crippen LogP contribution >= 0.6 is 31.9 Å². The SMILES string of the molecule is CCOC(=O)/C(C#N)=C\Nc1ccc(Br)cc1Br. The molecule has 0 saturated heterocycles. The van der Waals surface area contributed by atoms with Gasteiger partial charge in [-0.25, -0.2) is 4.79 Å². The average Bonchev–Trinajstić information content (AvgIpc) is 2.32. The zero-order chi connectivity index (χ0) is 13.5. The van der Waals surface area contributed by atoms with E-state index in [0.717, 1.165) is 14.6 Å². The quantitative estimate of drug-likeness (QED) is 0.497. The highest BCUT2D eigenvalue weighted by Crippen LogP contribution is 2.26. The summed E-state index contributed by atoms with van der Waals surface area (Å²) >= 11 is 6.70. The molecule has 0 aliphatic heterocycles. The van der Waals surface area contributed by atoms with E-state index < -0.39 is 5.97 Å². The van der Waals surface area contributed by atoms with Gasteiger partial charge in [0, 0.05) is 15.1 Å². The maximum atomic E-state index is 11.4. The summed E-state index contributed by atoms with van der Waals surface area (Å²) in [5.74, 6) is -0.638. The van der Waals surface area contributed by atoms with E-state index in [4.69, 9.17) is 10.00 Å². The van der Waals surface area contributed by atoms with Crippen LogP contribution in [0.4, 0.5) is 5.69 Å². The van der Waals surface area contributed by atoms with Crippen LogP contribution in [-0.2, 0) is 9.53 Å². The molecule has 0 unspecified atom stereocenters. The van der Waals surface area contributed by atoms with E-state index in [2.05, 4.69) is 37.2 Å². The topological polar surface area (TPSA) is 62.1 Å². The second kappa shape index (κ2) is 7.19. The molecule has 4 nitrogen and oxygen atoms in total. The van der Waals surface area contributed by atoms with Gasteiger partial charge in [-0.05, 0) is 41.1 Å². The highest BCUT2D eigenvalue weighted by molar-refractivity contribution is 9.11. The summed E-state index contributed by atoms with van der Waals surface area (Å²) in [5, 5.41) is 11.7. The molecule has 6 heteroatoms. The zero-order valence-electron chi connectivity index (χ0n) is 9.54. The summed E-state index contributed by atoms with van der Waals surface area (Å²) in [5.41, 5.74) is 0.668. The lowest BCUT2D eigenvalue weighted by Crippen LogP contribution is -2.08. The number of hydrogen-bond acceptors (Lipinski definition) is 4. The summed E-state index contributed by atoms with van der Waals surface area (Å²) in [6.45, 7) is 1.92. The molecular weight excluding hydrogens is 364 g/mol. The Morgan fingerprint density at radius 3 is 2.83 bits per heavy atom. The number of nitrogens with one attached hydrogen (secondary N) is 1. The molecule has 0 saturated carbocycles. The first-order valence-electron chi connectivity index (χ1n) is 5.07. The summed E-state index contributed by atoms with van der Waals surface area (Å²) in [6, 6.07) is 7.30. The summed E-state index contributed by atoms with van der Waals surface area (Å²) in [7, 11) is 0. The van der Waals surface area contributed by atoms with Crippen LogP contribution in [0.3, 0.4) is 0 Å². The van der Waals surface area contributed by atoms with Crippen LogP contribution in [0.2, 0.25) is 0 Å². The molecule has 0 aliphatic rings. The van der Waals surface area contributed by atoms with Gasteiger partial charge in [0.1, 0.15) is 6.07 Å². The Morgan fingerprint density at radius 1 is 1.56 bits per heavy atom. The zero-order valence-corrected chi connectivity index (χ0v) is 12.7. The Kier molecular flexibility index (Phi) is 5.89. The van der Waals surface area contributed by atoms with Crippen LogP contribution in [0.5, 0.6) is 0 Å². The Morgan fingerprint density at radius 2 is 2.28 bits per heavy atom. The first kappa shape index (κ1) is 14.7. The van der Waals surface area contributed by atoms with Gasteiger partial charge in [0.15, 0.2) is 5.57 Å². The fourth-order valence-corrected chi connectivity index (χ4v) is 2.26. The standard InChI is InChI=1S/C12H10Br2N2O2/c1-2-18-12(17)8(6-15)7-16-11-4-3-9(13)5-10(11)14/h3-5,7,16H,2H2,1H3/b8-7-. The van der Waals surface area contributed by atoms with Crippen LogP contribution < -0.4 is 5.32 Å². The summed E-state index contributed by atoms with van der Waals surface area (Å²) < 4.78 is 6.48. The van der Waals surface area contributed by atoms with E-state index in [1.807, 2.05) is 18.2 Å². The number of ether oxygens (including phenoxy) is 1. The lowest BCUT2D eigenvalue weighted by molar-refractivity contribution is -0.138. The van der Waals surface area contributed by atoms with Crippen molar-refractivity contribution in [2.45, 2.75) is 6.92 Å². The third kappa shape index (κ3) is 4.17. The van der Waals surface area contributed by atoms with Crippen molar-refractivity contribution >= 4 is 43.5 Å². The molecule has 0 fully saturated rings. The van der Waals surface area contributed by atoms with E-state index in [9.17, 15) is 4.79 Å². The van der Waals surface area contributed by atoms with Crippen LogP contribution in [0, 0.1) is 11.3 Å². The maximum absolute atomic E-state index is 11.4. The molecule has 0 atom stereocenters. The highest BCUT2D eigenvalue weighted by atomic mass is 79.9. The van der Waals surface area contributed by atoms with Crippen molar-refractivity contribution in [3.05, 3.63) is 38.9 Å². The molecular formula is C12H10Br2N2O2. The number of nitrogens with zero attached hydrogens (tertiary/aromatic N) is 1. The number of esters is 1. The molecule has 1 N–H and O–H groups in total. The summed E-state index contributed by atoms with van der Waals surface area (Å²) in [6.07, 6.45) is 1.33. The first-order chi connectivity index (χ1) is 8.58. The number of carbonyl (C=O) groups is 1. The van der Waals surface area contributed by atoms with Gasteiger partial charge in [-0.2, -0.15) is 5.26 Å². The minimum atomic E-state index is -0.638. The number of halogens is 2. The van der Waals surface area contributed by atoms with Gasteiger partial charge in [-0.1, -0.05) is 15.9 Å². The largest absolute Gasteiger partial charge is 0.462 e. The lowest BCUT2D eigenvalue weighted by atomic mass is 10.3. The molecule has 1 rings (SSSR count). The van der Waals surface area contributed by atoms with Crippen molar-refractivity contribution < 1.29 is 9.53 Å². The van der Waals surface area contributed by atoms with E-state index in [1.165, 1.54) is 6.20 Å². The molecule has 1 aromatic carbocycles. The third-order valence-corrected chi connectivity index (χ3v) is 3.07. The molecule has 0 radical (unpaired) electrons. The van der Waals surface area contributed by atoms with Gasteiger partial charge in [0.05, 0.1) is 12.3 Å². The second-order valence-electron chi connectivity index (χ2n) is 3.16. The van der Waals surface area contributed by atoms with Crippen molar-refractivity contribution in [3.63, 3.8) is 0 Å². The molecule has 1 aromatic rings. The van der Waals surface area contributed by atoms with Crippen molar-refractivity contribution in [2.75, 3.05) is 11.9 Å². The number of hydrogen-bond donors (Lipinski definition) is 1. The summed E-state index contributed by atoms with van der Waals surface area (Å²) in [4.78, 5) is 11.4. The molecule has 0 bridgehead atoms. The molecule has 94 valence electrons. The molecule has 0 spiro atoms. The average molecular weight is 374 g/mol. The minimum absolute atomic E-state index is 0.0772. The predicted molar refractivity (Wildman–Crippen MR) is 75.8 cm³/mol. The fraction of sp³-hybridized carbons (Fsp3) is 0.167. The van der Waals surface area contributed by atoms with Crippen molar-refractivity contribution in [2.24, 2.45) is 0 Å². The van der Waals surface area contributed by atoms with Crippen molar-refractivity contribution in [1.82, 2.24) is 0 Å². The van der Waals surface area contributed by atoms with Gasteiger partial charge < -0.3 is 10.1 Å². The second-order valence-corrected chi connectivity index (χ2v) is 4.93. The first-order valence-corrected chi connectivity index (χ1v) is 6.66. The normalized spacial score (nSPS) is 10.7. The van der Waals surface area contributed by atoms with E-state index in [-0.39, 0.29) is 12.2 Å². The van der Waals surface area contributed by atoms with Crippen LogP contribution in [0.25, 0.3) is 0 Å². The Bertz CT molecular complexity index is 521. The highest BCUT2D eigenvalue weighted by Gasteiger charge is 2.09. The lowest BCUT2D eigenvalue weighted by Gasteiger charge is -2.05. The monoisotopic (exact) mass is 372 g/mol. The van der Waals surface area contributed by atoms with Gasteiger partial charge in [0.2, 0.25) is 0 Å². The Balaban J connectivity index is 2.84. The van der Waals surface area contributed by atoms with Crippen LogP contribution in [0.15, 0.2) is 38.9 Å². The Hall–Kier alpha value is -1.32. The number of nitriles is 1. The molecule has 0 aliphatic carbocycles. The van der Waals surface area contributed by atoms with Crippen molar-refractivity contribution in [1.29, 1.82) is 5.26 Å². The van der Waals surface area contributed by atoms with Gasteiger partial charge in [-0.3, -0.25) is 0 Å². The molecule has 0 amide bonds. The van der Waals surface area contributed by atoms with Gasteiger partial charge in [0.25, 0.3) is 0 Å². The Labute approximate surface area is 122 Å². The predicted octanol–water partition coefficient (Wildman–Crippen LogP) is 3.59. The van der Waals surface area contributed by atoms with Crippen LogP contribution in [0.1, 0.15) is 6.92 Å². The minimum Gasteiger partial charge on any atom is -0.462 e. The molecule has 18 heavy (non-hydrogen) atoms. The van der Waals surface area contributed by atoms with Crippen molar-refractivity contribution in [3.8, 4) is 6.07 Å². The fourth-order valence-electron chi connectivity index (χ4n) is 1.10. The molecule has 0 heterocycles. The van der Waals surface area contributed by atoms with E-state index in [1.54, 1.807) is 13.0 Å².